The molecule has 0 radical (unpaired) electrons. The van der Waals surface area contributed by atoms with E-state index in [0.29, 0.717) is 13.1 Å². The second-order valence-electron chi connectivity index (χ2n) is 3.68. The zero-order chi connectivity index (χ0) is 14.5. The molecule has 1 amide bonds. The topological polar surface area (TPSA) is 58.1 Å². The second-order valence-corrected chi connectivity index (χ2v) is 3.68. The highest BCUT2D eigenvalue weighted by molar-refractivity contribution is 5.80. The Balaban J connectivity index is 2.66. The van der Waals surface area contributed by atoms with Crippen molar-refractivity contribution >= 4 is 11.9 Å². The van der Waals surface area contributed by atoms with Gasteiger partial charge in [-0.15, -0.1) is 0 Å². The van der Waals surface area contributed by atoms with Gasteiger partial charge >= 0.3 is 6.18 Å². The lowest BCUT2D eigenvalue weighted by atomic mass is 10.4. The predicted molar refractivity (Wildman–Crippen MR) is 63.5 cm³/mol. The minimum atomic E-state index is -4.53. The monoisotopic (exact) mass is 276 g/mol. The lowest BCUT2D eigenvalue weighted by Gasteiger charge is -2.18. The molecule has 0 saturated heterocycles. The standard InChI is InChI=1S/C11H15F3N4O/c1-3-18(4-2)9(19)7-16-10-15-6-5-8(17-10)11(12,13)14/h5-6H,3-4,7H2,1-2H3,(H,15,16,17). The number of aromatic nitrogens is 2. The smallest absolute Gasteiger partial charge is 0.345 e. The molecular weight excluding hydrogens is 261 g/mol. The van der Waals surface area contributed by atoms with Crippen LogP contribution in [-0.2, 0) is 11.0 Å². The summed E-state index contributed by atoms with van der Waals surface area (Å²) in [6.07, 6.45) is -3.53. The summed E-state index contributed by atoms with van der Waals surface area (Å²) in [5.74, 6) is -0.429. The van der Waals surface area contributed by atoms with E-state index in [9.17, 15) is 18.0 Å². The van der Waals surface area contributed by atoms with E-state index in [1.807, 2.05) is 13.8 Å². The van der Waals surface area contributed by atoms with Crippen LogP contribution in [0.3, 0.4) is 0 Å². The molecule has 1 N–H and O–H groups in total. The number of nitrogens with zero attached hydrogens (tertiary/aromatic N) is 3. The van der Waals surface area contributed by atoms with E-state index >= 15 is 0 Å². The second kappa shape index (κ2) is 6.35. The first-order valence-corrected chi connectivity index (χ1v) is 5.80. The summed E-state index contributed by atoms with van der Waals surface area (Å²) in [7, 11) is 0. The number of rotatable bonds is 5. The van der Waals surface area contributed by atoms with Crippen LogP contribution in [0.5, 0.6) is 0 Å². The fourth-order valence-corrected chi connectivity index (χ4v) is 1.44. The highest BCUT2D eigenvalue weighted by Gasteiger charge is 2.32. The number of nitrogens with one attached hydrogen (secondary N) is 1. The van der Waals surface area contributed by atoms with Crippen LogP contribution in [-0.4, -0.2) is 40.4 Å². The fourth-order valence-electron chi connectivity index (χ4n) is 1.44. The van der Waals surface area contributed by atoms with Crippen LogP contribution in [0, 0.1) is 0 Å². The summed E-state index contributed by atoms with van der Waals surface area (Å²) in [5.41, 5.74) is -1.04. The van der Waals surface area contributed by atoms with E-state index in [2.05, 4.69) is 15.3 Å². The van der Waals surface area contributed by atoms with E-state index in [0.717, 1.165) is 12.3 Å². The van der Waals surface area contributed by atoms with Crippen molar-refractivity contribution in [3.8, 4) is 0 Å². The maximum atomic E-state index is 12.4. The van der Waals surface area contributed by atoms with Crippen LogP contribution in [0.1, 0.15) is 19.5 Å². The maximum Gasteiger partial charge on any atom is 0.433 e. The third-order valence-electron chi connectivity index (χ3n) is 2.46. The van der Waals surface area contributed by atoms with Gasteiger partial charge in [-0.3, -0.25) is 4.79 Å². The molecule has 106 valence electrons. The van der Waals surface area contributed by atoms with E-state index in [-0.39, 0.29) is 18.4 Å². The van der Waals surface area contributed by atoms with Gasteiger partial charge in [0.05, 0.1) is 6.54 Å². The van der Waals surface area contributed by atoms with Gasteiger partial charge in [-0.1, -0.05) is 0 Å². The van der Waals surface area contributed by atoms with Gasteiger partial charge in [0.15, 0.2) is 0 Å². The Bertz CT molecular complexity index is 432. The molecule has 0 saturated carbocycles. The summed E-state index contributed by atoms with van der Waals surface area (Å²) in [6, 6.07) is 0.775. The van der Waals surface area contributed by atoms with Crippen molar-refractivity contribution in [2.45, 2.75) is 20.0 Å². The number of hydrogen-bond acceptors (Lipinski definition) is 4. The van der Waals surface area contributed by atoms with Gasteiger partial charge in [-0.05, 0) is 19.9 Å². The van der Waals surface area contributed by atoms with Crippen LogP contribution in [0.2, 0.25) is 0 Å². The number of halogens is 3. The summed E-state index contributed by atoms with van der Waals surface area (Å²) >= 11 is 0. The fraction of sp³-hybridized carbons (Fsp3) is 0.545. The summed E-state index contributed by atoms with van der Waals surface area (Å²) < 4.78 is 37.2. The van der Waals surface area contributed by atoms with Crippen molar-refractivity contribution in [1.29, 1.82) is 0 Å². The molecule has 0 aliphatic rings. The first-order chi connectivity index (χ1) is 8.88. The van der Waals surface area contributed by atoms with Crippen LogP contribution < -0.4 is 5.32 Å². The molecule has 0 fully saturated rings. The molecule has 0 aromatic carbocycles. The third-order valence-corrected chi connectivity index (χ3v) is 2.46. The van der Waals surface area contributed by atoms with Gasteiger partial charge in [0.25, 0.3) is 0 Å². The van der Waals surface area contributed by atoms with Gasteiger partial charge in [-0.2, -0.15) is 13.2 Å². The Labute approximate surface area is 108 Å². The van der Waals surface area contributed by atoms with Gasteiger partial charge < -0.3 is 10.2 Å². The van der Waals surface area contributed by atoms with Gasteiger partial charge in [0.1, 0.15) is 5.69 Å². The van der Waals surface area contributed by atoms with E-state index in [1.165, 1.54) is 0 Å². The lowest BCUT2D eigenvalue weighted by molar-refractivity contribution is -0.141. The van der Waals surface area contributed by atoms with Gasteiger partial charge in [0.2, 0.25) is 11.9 Å². The third kappa shape index (κ3) is 4.38. The highest BCUT2D eigenvalue weighted by Crippen LogP contribution is 2.27. The number of anilines is 1. The van der Waals surface area contributed by atoms with Crippen LogP contribution >= 0.6 is 0 Å². The van der Waals surface area contributed by atoms with Crippen LogP contribution in [0.25, 0.3) is 0 Å². The molecule has 0 aliphatic carbocycles. The molecular formula is C11H15F3N4O. The molecule has 1 aromatic heterocycles. The normalized spacial score (nSPS) is 11.2. The van der Waals surface area contributed by atoms with Crippen LogP contribution in [0.15, 0.2) is 12.3 Å². The Morgan fingerprint density at radius 2 is 2.00 bits per heavy atom. The van der Waals surface area contributed by atoms with Crippen molar-refractivity contribution in [3.63, 3.8) is 0 Å². The van der Waals surface area contributed by atoms with Gasteiger partial charge in [0, 0.05) is 19.3 Å². The Kier molecular flexibility index (Phi) is 5.08. The van der Waals surface area contributed by atoms with E-state index in [4.69, 9.17) is 0 Å². The summed E-state index contributed by atoms with van der Waals surface area (Å²) in [4.78, 5) is 20.2. The molecule has 0 bridgehead atoms. The highest BCUT2D eigenvalue weighted by atomic mass is 19.4. The lowest BCUT2D eigenvalue weighted by Crippen LogP contribution is -2.35. The Hall–Kier alpha value is -1.86. The summed E-state index contributed by atoms with van der Waals surface area (Å²) in [5, 5.41) is 2.49. The van der Waals surface area contributed by atoms with Crippen molar-refractivity contribution < 1.29 is 18.0 Å². The zero-order valence-electron chi connectivity index (χ0n) is 10.7. The maximum absolute atomic E-state index is 12.4. The predicted octanol–water partition coefficient (Wildman–Crippen LogP) is 1.78. The number of alkyl halides is 3. The molecule has 5 nitrogen and oxygen atoms in total. The van der Waals surface area contributed by atoms with Crippen molar-refractivity contribution in [3.05, 3.63) is 18.0 Å². The van der Waals surface area contributed by atoms with Crippen molar-refractivity contribution in [2.75, 3.05) is 25.0 Å². The molecule has 1 aromatic rings. The zero-order valence-corrected chi connectivity index (χ0v) is 10.7. The number of hydrogen-bond donors (Lipinski definition) is 1. The molecule has 0 unspecified atom stereocenters. The molecule has 19 heavy (non-hydrogen) atoms. The minimum Gasteiger partial charge on any atom is -0.345 e. The van der Waals surface area contributed by atoms with Crippen LogP contribution in [0.4, 0.5) is 19.1 Å². The number of carbonyl (C=O) groups is 1. The van der Waals surface area contributed by atoms with E-state index < -0.39 is 11.9 Å². The van der Waals surface area contributed by atoms with Crippen molar-refractivity contribution in [1.82, 2.24) is 14.9 Å². The largest absolute Gasteiger partial charge is 0.433 e. The molecule has 0 spiro atoms. The van der Waals surface area contributed by atoms with Gasteiger partial charge in [-0.25, -0.2) is 9.97 Å². The SMILES string of the molecule is CCN(CC)C(=O)CNc1nccc(C(F)(F)F)n1. The number of carbonyl (C=O) groups excluding carboxylic acids is 1. The average Bonchev–Trinajstić information content (AvgIpc) is 2.37. The molecule has 0 aliphatic heterocycles. The molecule has 1 heterocycles. The minimum absolute atomic E-state index is 0.136. The molecule has 8 heteroatoms. The molecule has 1 rings (SSSR count). The first kappa shape index (κ1) is 15.2. The Morgan fingerprint density at radius 1 is 1.37 bits per heavy atom. The first-order valence-electron chi connectivity index (χ1n) is 5.80. The van der Waals surface area contributed by atoms with E-state index in [1.54, 1.807) is 4.90 Å². The quantitative estimate of drug-likeness (QED) is 0.890. The average molecular weight is 276 g/mol. The van der Waals surface area contributed by atoms with Crippen molar-refractivity contribution in [2.24, 2.45) is 0 Å². The Morgan fingerprint density at radius 3 is 2.53 bits per heavy atom. The summed E-state index contributed by atoms with van der Waals surface area (Å²) in [6.45, 7) is 4.59. The molecule has 0 atom stereocenters. The number of amides is 1. The number of likely N-dealkylation sites (N-methyl/N-ethyl adjacent to an activating group) is 1.